The summed E-state index contributed by atoms with van der Waals surface area (Å²) in [5.41, 5.74) is -2.32. The molecule has 0 radical (unpaired) electrons. The Labute approximate surface area is 180 Å². The molecule has 3 heterocycles. The van der Waals surface area contributed by atoms with Crippen LogP contribution in [0.5, 0.6) is 0 Å². The summed E-state index contributed by atoms with van der Waals surface area (Å²) in [6, 6.07) is 2.25. The van der Waals surface area contributed by atoms with Gasteiger partial charge in [0.1, 0.15) is 17.3 Å². The normalized spacial score (nSPS) is 16.5. The summed E-state index contributed by atoms with van der Waals surface area (Å²) in [7, 11) is 0. The maximum atomic E-state index is 14.0. The van der Waals surface area contributed by atoms with Crippen LogP contribution in [0.25, 0.3) is 23.2 Å². The van der Waals surface area contributed by atoms with Gasteiger partial charge in [0.25, 0.3) is 0 Å². The Bertz CT molecular complexity index is 1120. The highest BCUT2D eigenvalue weighted by molar-refractivity contribution is 5.77. The second-order valence-corrected chi connectivity index (χ2v) is 7.66. The molecule has 0 amide bonds. The lowest BCUT2D eigenvalue weighted by atomic mass is 10.0. The Kier molecular flexibility index (Phi) is 6.26. The molecule has 0 aliphatic carbocycles. The SMILES string of the molecule is C=Cc1c(C(=C)F)[nH]c(-c2cc(C)c(C(F)(F)F)nc2N2CCCC(F)(F)CC2)cc1=O. The highest BCUT2D eigenvalue weighted by Crippen LogP contribution is 2.38. The molecule has 1 saturated heterocycles. The van der Waals surface area contributed by atoms with Crippen LogP contribution in [0, 0.1) is 6.92 Å². The summed E-state index contributed by atoms with van der Waals surface area (Å²) in [4.78, 5) is 20.3. The van der Waals surface area contributed by atoms with Crippen LogP contribution in [-0.2, 0) is 6.18 Å². The lowest BCUT2D eigenvalue weighted by Gasteiger charge is -2.26. The Hall–Kier alpha value is -3.04. The van der Waals surface area contributed by atoms with Gasteiger partial charge in [-0.15, -0.1) is 0 Å². The molecule has 0 saturated carbocycles. The number of hydrogen-bond donors (Lipinski definition) is 1. The first-order chi connectivity index (χ1) is 14.8. The average Bonchev–Trinajstić information content (AvgIpc) is 2.86. The summed E-state index contributed by atoms with van der Waals surface area (Å²) in [6.45, 7) is 7.65. The smallest absolute Gasteiger partial charge is 0.356 e. The lowest BCUT2D eigenvalue weighted by Crippen LogP contribution is -2.28. The molecular weight excluding hydrogens is 436 g/mol. The van der Waals surface area contributed by atoms with Gasteiger partial charge in [-0.25, -0.2) is 18.2 Å². The van der Waals surface area contributed by atoms with Gasteiger partial charge in [-0.2, -0.15) is 13.2 Å². The van der Waals surface area contributed by atoms with Crippen LogP contribution in [-0.4, -0.2) is 29.0 Å². The summed E-state index contributed by atoms with van der Waals surface area (Å²) < 4.78 is 82.3. The number of alkyl halides is 5. The van der Waals surface area contributed by atoms with E-state index in [9.17, 15) is 31.1 Å². The van der Waals surface area contributed by atoms with Crippen molar-refractivity contribution in [2.75, 3.05) is 18.0 Å². The van der Waals surface area contributed by atoms with Crippen molar-refractivity contribution in [1.82, 2.24) is 9.97 Å². The number of aryl methyl sites for hydroxylation is 1. The molecule has 172 valence electrons. The van der Waals surface area contributed by atoms with Gasteiger partial charge in [0.2, 0.25) is 5.92 Å². The average molecular weight is 457 g/mol. The fourth-order valence-corrected chi connectivity index (χ4v) is 3.74. The van der Waals surface area contributed by atoms with Gasteiger partial charge < -0.3 is 9.88 Å². The van der Waals surface area contributed by atoms with Crippen molar-refractivity contribution < 1.29 is 26.3 Å². The molecule has 32 heavy (non-hydrogen) atoms. The van der Waals surface area contributed by atoms with Crippen molar-refractivity contribution >= 4 is 17.7 Å². The fraction of sp³-hybridized carbons (Fsp3) is 0.364. The van der Waals surface area contributed by atoms with Crippen molar-refractivity contribution in [3.8, 4) is 11.3 Å². The summed E-state index contributed by atoms with van der Waals surface area (Å²) in [5, 5.41) is 0. The van der Waals surface area contributed by atoms with E-state index in [-0.39, 0.29) is 53.4 Å². The summed E-state index contributed by atoms with van der Waals surface area (Å²) >= 11 is 0. The second kappa shape index (κ2) is 8.48. The number of halogens is 6. The van der Waals surface area contributed by atoms with Crippen LogP contribution in [0.3, 0.4) is 0 Å². The lowest BCUT2D eigenvalue weighted by molar-refractivity contribution is -0.141. The number of rotatable bonds is 4. The largest absolute Gasteiger partial charge is 0.433 e. The highest BCUT2D eigenvalue weighted by Gasteiger charge is 2.37. The van der Waals surface area contributed by atoms with Gasteiger partial charge in [-0.3, -0.25) is 4.79 Å². The molecule has 10 heteroatoms. The monoisotopic (exact) mass is 457 g/mol. The Morgan fingerprint density at radius 1 is 1.25 bits per heavy atom. The maximum Gasteiger partial charge on any atom is 0.433 e. The molecule has 0 spiro atoms. The minimum absolute atomic E-state index is 0.00951. The van der Waals surface area contributed by atoms with Gasteiger partial charge in [-0.05, 0) is 25.0 Å². The second-order valence-electron chi connectivity index (χ2n) is 7.66. The van der Waals surface area contributed by atoms with Crippen LogP contribution in [0.4, 0.5) is 32.2 Å². The van der Waals surface area contributed by atoms with Gasteiger partial charge in [-0.1, -0.05) is 19.2 Å². The number of H-pyrrole nitrogens is 1. The highest BCUT2D eigenvalue weighted by atomic mass is 19.4. The zero-order chi connectivity index (χ0) is 23.8. The molecule has 1 N–H and O–H groups in total. The third-order valence-electron chi connectivity index (χ3n) is 5.31. The molecule has 0 atom stereocenters. The summed E-state index contributed by atoms with van der Waals surface area (Å²) in [5.74, 6) is -4.12. The number of hydrogen-bond acceptors (Lipinski definition) is 3. The Morgan fingerprint density at radius 3 is 2.53 bits per heavy atom. The van der Waals surface area contributed by atoms with Crippen LogP contribution in [0.1, 0.15) is 41.8 Å². The van der Waals surface area contributed by atoms with Crippen LogP contribution in [0.15, 0.2) is 30.1 Å². The third kappa shape index (κ3) is 4.73. The maximum absolute atomic E-state index is 14.0. The molecule has 1 fully saturated rings. The van der Waals surface area contributed by atoms with Crippen molar-refractivity contribution in [2.24, 2.45) is 0 Å². The molecule has 1 aliphatic heterocycles. The van der Waals surface area contributed by atoms with Gasteiger partial charge in [0.15, 0.2) is 5.43 Å². The first kappa shape index (κ1) is 23.6. The first-order valence-electron chi connectivity index (χ1n) is 9.80. The van der Waals surface area contributed by atoms with E-state index in [1.165, 1.54) is 11.8 Å². The van der Waals surface area contributed by atoms with E-state index >= 15 is 0 Å². The number of aromatic amines is 1. The van der Waals surface area contributed by atoms with E-state index < -0.39 is 41.9 Å². The molecule has 1 aliphatic rings. The number of anilines is 1. The molecular formula is C22H21F6N3O. The quantitative estimate of drug-likeness (QED) is 0.576. The molecule has 2 aromatic heterocycles. The number of nitrogens with one attached hydrogen (secondary N) is 1. The van der Waals surface area contributed by atoms with E-state index in [1.807, 2.05) is 0 Å². The molecule has 0 unspecified atom stereocenters. The molecule has 0 bridgehead atoms. The zero-order valence-corrected chi connectivity index (χ0v) is 17.3. The van der Waals surface area contributed by atoms with Crippen molar-refractivity contribution in [3.05, 3.63) is 58.0 Å². The number of nitrogens with zero attached hydrogens (tertiary/aromatic N) is 2. The Balaban J connectivity index is 2.26. The van der Waals surface area contributed by atoms with Gasteiger partial charge in [0.05, 0.1) is 11.4 Å². The van der Waals surface area contributed by atoms with Crippen LogP contribution < -0.4 is 10.3 Å². The van der Waals surface area contributed by atoms with Gasteiger partial charge >= 0.3 is 6.18 Å². The minimum Gasteiger partial charge on any atom is -0.356 e. The topological polar surface area (TPSA) is 49.0 Å². The third-order valence-corrected chi connectivity index (χ3v) is 5.31. The number of aromatic nitrogens is 2. The van der Waals surface area contributed by atoms with Crippen molar-refractivity contribution in [1.29, 1.82) is 0 Å². The van der Waals surface area contributed by atoms with Crippen molar-refractivity contribution in [2.45, 2.75) is 38.3 Å². The van der Waals surface area contributed by atoms with Gasteiger partial charge in [0, 0.05) is 43.1 Å². The molecule has 4 nitrogen and oxygen atoms in total. The van der Waals surface area contributed by atoms with Crippen LogP contribution in [0.2, 0.25) is 0 Å². The van der Waals surface area contributed by atoms with E-state index in [2.05, 4.69) is 23.1 Å². The van der Waals surface area contributed by atoms with E-state index in [4.69, 9.17) is 0 Å². The van der Waals surface area contributed by atoms with E-state index in [1.54, 1.807) is 0 Å². The Morgan fingerprint density at radius 2 is 1.94 bits per heavy atom. The van der Waals surface area contributed by atoms with E-state index in [0.717, 1.165) is 18.2 Å². The number of pyridine rings is 2. The fourth-order valence-electron chi connectivity index (χ4n) is 3.74. The van der Waals surface area contributed by atoms with Crippen LogP contribution >= 0.6 is 0 Å². The molecule has 0 aromatic carbocycles. The standard InChI is InChI=1S/C22H21F6N3O/c1-4-14-17(32)11-16(29-18(14)13(3)23)15-10-12(2)19(22(26,27)28)30-20(15)31-8-5-6-21(24,25)7-9-31/h4,10-11H,1,3,5-9H2,2H3,(H,29,32). The first-order valence-corrected chi connectivity index (χ1v) is 9.80. The van der Waals surface area contributed by atoms with Crippen molar-refractivity contribution in [3.63, 3.8) is 0 Å². The zero-order valence-electron chi connectivity index (χ0n) is 17.3. The predicted octanol–water partition coefficient (Wildman–Crippen LogP) is 5.97. The predicted molar refractivity (Wildman–Crippen MR) is 111 cm³/mol. The summed E-state index contributed by atoms with van der Waals surface area (Å²) in [6.07, 6.45) is -4.54. The molecule has 2 aromatic rings. The molecule has 3 rings (SSSR count). The minimum atomic E-state index is -4.77. The van der Waals surface area contributed by atoms with E-state index in [0.29, 0.717) is 0 Å².